The van der Waals surface area contributed by atoms with Gasteiger partial charge in [-0.05, 0) is 11.5 Å². The Balaban J connectivity index is 0.00000162. The van der Waals surface area contributed by atoms with Crippen molar-refractivity contribution < 1.29 is 24.6 Å². The van der Waals surface area contributed by atoms with Crippen LogP contribution in [-0.4, -0.2) is 9.55 Å². The molecular weight excluding hydrogens is 290 g/mol. The van der Waals surface area contributed by atoms with E-state index in [4.69, 9.17) is 0 Å². The largest absolute Gasteiger partial charge is 0.870 e. The topological polar surface area (TPSA) is 40.9 Å². The summed E-state index contributed by atoms with van der Waals surface area (Å²) in [5.74, 6) is 0.544. The van der Waals surface area contributed by atoms with Crippen LogP contribution in [0, 0.1) is 0 Å². The van der Waals surface area contributed by atoms with Crippen LogP contribution in [0.4, 0.5) is 0 Å². The van der Waals surface area contributed by atoms with Gasteiger partial charge in [-0.15, -0.1) is 0 Å². The summed E-state index contributed by atoms with van der Waals surface area (Å²) in [6.07, 6.45) is 5.11. The Morgan fingerprint density at radius 3 is 2.47 bits per heavy atom. The zero-order valence-corrected chi connectivity index (χ0v) is 13.7. The molecule has 0 aliphatic rings. The van der Waals surface area contributed by atoms with Gasteiger partial charge in [-0.1, -0.05) is 56.5 Å². The minimum Gasteiger partial charge on any atom is -0.870 e. The molecule has 0 unspecified atom stereocenters. The standard InChI is InChI=1S/C14H16N2O.CH4.Zn/c1-11(12-6-4-3-5-7-12)10-13(17)14-15-8-9-16(14)2;;/h3-11,17H,1-2H3;1H4;/p-1/b13-10+;;/t11-;;/m0../s1. The summed E-state index contributed by atoms with van der Waals surface area (Å²) in [5.41, 5.74) is 1.13. The maximum atomic E-state index is 12.0. The minimum absolute atomic E-state index is 0. The summed E-state index contributed by atoms with van der Waals surface area (Å²) < 4.78 is 1.73. The fourth-order valence-corrected chi connectivity index (χ4v) is 1.76. The molecule has 1 atom stereocenters. The van der Waals surface area contributed by atoms with Crippen LogP contribution in [0.15, 0.2) is 48.8 Å². The summed E-state index contributed by atoms with van der Waals surface area (Å²) in [7, 11) is 1.82. The molecule has 4 heteroatoms. The molecule has 0 aliphatic carbocycles. The van der Waals surface area contributed by atoms with Crippen molar-refractivity contribution in [1.29, 1.82) is 0 Å². The van der Waals surface area contributed by atoms with E-state index in [2.05, 4.69) is 4.98 Å². The average molecular weight is 309 g/mol. The molecule has 0 fully saturated rings. The monoisotopic (exact) mass is 307 g/mol. The molecule has 0 aliphatic heterocycles. The second kappa shape index (κ2) is 7.90. The SMILES string of the molecule is C.C[C@@H](/C=C(/[O-])c1nccn1C)c1ccccc1.[Zn]. The van der Waals surface area contributed by atoms with Crippen molar-refractivity contribution in [1.82, 2.24) is 9.55 Å². The smallest absolute Gasteiger partial charge is 0.124 e. The number of imidazole rings is 1. The van der Waals surface area contributed by atoms with Crippen molar-refractivity contribution in [2.45, 2.75) is 20.3 Å². The van der Waals surface area contributed by atoms with Gasteiger partial charge in [0.2, 0.25) is 0 Å². The first kappa shape index (κ1) is 17.6. The zero-order chi connectivity index (χ0) is 12.3. The van der Waals surface area contributed by atoms with Crippen LogP contribution in [0.2, 0.25) is 0 Å². The Morgan fingerprint density at radius 2 is 1.95 bits per heavy atom. The molecule has 0 radical (unpaired) electrons. The van der Waals surface area contributed by atoms with E-state index in [1.807, 2.05) is 44.3 Å². The fraction of sp³-hybridized carbons (Fsp3) is 0.267. The van der Waals surface area contributed by atoms with E-state index >= 15 is 0 Å². The van der Waals surface area contributed by atoms with Crippen LogP contribution in [0.3, 0.4) is 0 Å². The van der Waals surface area contributed by atoms with Crippen LogP contribution < -0.4 is 5.11 Å². The fourth-order valence-electron chi connectivity index (χ4n) is 1.76. The number of aryl methyl sites for hydroxylation is 1. The normalized spacial score (nSPS) is 12.2. The van der Waals surface area contributed by atoms with Crippen molar-refractivity contribution in [2.24, 2.45) is 7.05 Å². The molecule has 19 heavy (non-hydrogen) atoms. The second-order valence-corrected chi connectivity index (χ2v) is 4.09. The summed E-state index contributed by atoms with van der Waals surface area (Å²) in [4.78, 5) is 4.04. The number of hydrogen-bond acceptors (Lipinski definition) is 2. The van der Waals surface area contributed by atoms with Crippen molar-refractivity contribution >= 4 is 5.76 Å². The predicted octanol–water partition coefficient (Wildman–Crippen LogP) is 2.56. The quantitative estimate of drug-likeness (QED) is 0.646. The summed E-state index contributed by atoms with van der Waals surface area (Å²) in [6.45, 7) is 2.01. The molecule has 0 spiro atoms. The van der Waals surface area contributed by atoms with Gasteiger partial charge in [0.05, 0.1) is 0 Å². The summed E-state index contributed by atoms with van der Waals surface area (Å²) in [5, 5.41) is 12.0. The molecule has 2 rings (SSSR count). The van der Waals surface area contributed by atoms with E-state index in [0.717, 1.165) is 5.56 Å². The van der Waals surface area contributed by atoms with Crippen molar-refractivity contribution in [3.05, 3.63) is 60.2 Å². The maximum absolute atomic E-state index is 12.0. The van der Waals surface area contributed by atoms with Gasteiger partial charge in [-0.3, -0.25) is 0 Å². The van der Waals surface area contributed by atoms with E-state index in [-0.39, 0.29) is 38.6 Å². The molecule has 2 aromatic rings. The van der Waals surface area contributed by atoms with E-state index in [9.17, 15) is 5.11 Å². The van der Waals surface area contributed by atoms with E-state index in [1.54, 1.807) is 23.0 Å². The first-order valence-electron chi connectivity index (χ1n) is 5.60. The van der Waals surface area contributed by atoms with E-state index < -0.39 is 0 Å². The molecule has 0 amide bonds. The van der Waals surface area contributed by atoms with Gasteiger partial charge in [0.1, 0.15) is 5.82 Å². The Labute approximate surface area is 127 Å². The number of rotatable bonds is 3. The van der Waals surface area contributed by atoms with Gasteiger partial charge in [0, 0.05) is 38.9 Å². The third-order valence-electron chi connectivity index (χ3n) is 2.77. The number of hydrogen-bond donors (Lipinski definition) is 0. The van der Waals surface area contributed by atoms with E-state index in [1.165, 1.54) is 0 Å². The zero-order valence-electron chi connectivity index (χ0n) is 10.7. The van der Waals surface area contributed by atoms with Crippen molar-refractivity contribution in [3.63, 3.8) is 0 Å². The number of aromatic nitrogens is 2. The van der Waals surface area contributed by atoms with Gasteiger partial charge in [0.15, 0.2) is 0 Å². The van der Waals surface area contributed by atoms with E-state index in [0.29, 0.717) is 5.82 Å². The number of allylic oxidation sites excluding steroid dienone is 1. The van der Waals surface area contributed by atoms with Gasteiger partial charge < -0.3 is 9.67 Å². The van der Waals surface area contributed by atoms with Crippen LogP contribution in [0.5, 0.6) is 0 Å². The third kappa shape index (κ3) is 4.32. The minimum atomic E-state index is -0.0335. The number of benzene rings is 1. The van der Waals surface area contributed by atoms with Crippen molar-refractivity contribution in [2.75, 3.05) is 0 Å². The van der Waals surface area contributed by atoms with Crippen LogP contribution in [0.25, 0.3) is 5.76 Å². The molecular formula is C15H19N2OZn-. The third-order valence-corrected chi connectivity index (χ3v) is 2.77. The Morgan fingerprint density at radius 1 is 1.32 bits per heavy atom. The van der Waals surface area contributed by atoms with Gasteiger partial charge in [0.25, 0.3) is 0 Å². The molecule has 1 aromatic heterocycles. The van der Waals surface area contributed by atoms with Gasteiger partial charge in [-0.2, -0.15) is 0 Å². The molecule has 1 aromatic carbocycles. The molecule has 0 N–H and O–H groups in total. The van der Waals surface area contributed by atoms with Crippen LogP contribution in [0.1, 0.15) is 31.7 Å². The number of nitrogens with zero attached hydrogens (tertiary/aromatic N) is 2. The van der Waals surface area contributed by atoms with Crippen molar-refractivity contribution in [3.8, 4) is 0 Å². The second-order valence-electron chi connectivity index (χ2n) is 4.09. The molecule has 3 nitrogen and oxygen atoms in total. The predicted molar refractivity (Wildman–Crippen MR) is 72.8 cm³/mol. The first-order valence-corrected chi connectivity index (χ1v) is 5.60. The summed E-state index contributed by atoms with van der Waals surface area (Å²) >= 11 is 0. The average Bonchev–Trinajstić information content (AvgIpc) is 2.76. The van der Waals surface area contributed by atoms with Gasteiger partial charge >= 0.3 is 0 Å². The van der Waals surface area contributed by atoms with Gasteiger partial charge in [-0.25, -0.2) is 4.98 Å². The maximum Gasteiger partial charge on any atom is 0.124 e. The van der Waals surface area contributed by atoms with Crippen LogP contribution in [-0.2, 0) is 26.5 Å². The van der Waals surface area contributed by atoms with Crippen LogP contribution >= 0.6 is 0 Å². The molecule has 0 saturated heterocycles. The Bertz CT molecular complexity index is 520. The first-order chi connectivity index (χ1) is 8.18. The Hall–Kier alpha value is -1.41. The molecule has 0 saturated carbocycles. The molecule has 98 valence electrons. The Kier molecular flexibility index (Phi) is 7.32. The molecule has 1 heterocycles. The molecule has 0 bridgehead atoms. The summed E-state index contributed by atoms with van der Waals surface area (Å²) in [6, 6.07) is 9.96.